The van der Waals surface area contributed by atoms with Crippen molar-refractivity contribution in [1.29, 1.82) is 0 Å². The zero-order chi connectivity index (χ0) is 40.4. The minimum atomic E-state index is -0.471. The van der Waals surface area contributed by atoms with Gasteiger partial charge in [-0.1, -0.05) is 91.0 Å². The van der Waals surface area contributed by atoms with E-state index in [1.165, 1.54) is 53.2 Å². The van der Waals surface area contributed by atoms with E-state index in [-0.39, 0.29) is 5.41 Å². The molecule has 290 valence electrons. The molecule has 6 heteroatoms. The summed E-state index contributed by atoms with van der Waals surface area (Å²) in [6.07, 6.45) is 0. The third-order valence-corrected chi connectivity index (χ3v) is 14.0. The SMILES string of the molecule is CC(C)(C)c1cc(-n2c3ccccc3c3ccc(Oc4cccc(N5CN(c6c(-c7ccccc7)cccc6-c6ccccc6)c6ccccc65)c4)cc32)nc2[te]ccc12. The van der Waals surface area contributed by atoms with Crippen LogP contribution in [0, 0.1) is 0 Å². The van der Waals surface area contributed by atoms with E-state index in [2.05, 4.69) is 221 Å². The van der Waals surface area contributed by atoms with Crippen LogP contribution in [0.5, 0.6) is 11.5 Å². The van der Waals surface area contributed by atoms with Gasteiger partial charge in [-0.05, 0) is 23.3 Å². The first-order valence-electron chi connectivity index (χ1n) is 20.5. The van der Waals surface area contributed by atoms with E-state index in [0.29, 0.717) is 6.67 Å². The maximum absolute atomic E-state index is 6.80. The molecule has 0 saturated heterocycles. The molecule has 5 nitrogen and oxygen atoms in total. The normalized spacial score (nSPS) is 12.8. The molecule has 1 aliphatic heterocycles. The summed E-state index contributed by atoms with van der Waals surface area (Å²) in [5.41, 5.74) is 12.9. The number of nitrogens with zero attached hydrogens (tertiary/aromatic N) is 4. The van der Waals surface area contributed by atoms with Gasteiger partial charge in [0.2, 0.25) is 0 Å². The van der Waals surface area contributed by atoms with Gasteiger partial charge in [0, 0.05) is 11.1 Å². The first-order valence-corrected chi connectivity index (χ1v) is 23.0. The maximum atomic E-state index is 6.80. The van der Waals surface area contributed by atoms with Gasteiger partial charge in [-0.2, -0.15) is 0 Å². The van der Waals surface area contributed by atoms with Crippen molar-refractivity contribution in [2.45, 2.75) is 26.2 Å². The fourth-order valence-electron chi connectivity index (χ4n) is 8.94. The molecule has 0 radical (unpaired) electrons. The van der Waals surface area contributed by atoms with Crippen molar-refractivity contribution in [3.63, 3.8) is 0 Å². The zero-order valence-corrected chi connectivity index (χ0v) is 36.0. The van der Waals surface area contributed by atoms with Gasteiger partial charge in [0.15, 0.2) is 0 Å². The van der Waals surface area contributed by atoms with Crippen LogP contribution in [0.2, 0.25) is 0 Å². The molecule has 0 N–H and O–H groups in total. The van der Waals surface area contributed by atoms with Gasteiger partial charge in [-0.15, -0.1) is 0 Å². The Labute approximate surface area is 360 Å². The van der Waals surface area contributed by atoms with Crippen LogP contribution in [0.25, 0.3) is 58.8 Å². The summed E-state index contributed by atoms with van der Waals surface area (Å²) in [6.45, 7) is 7.54. The molecular weight excluding hydrogens is 848 g/mol. The summed E-state index contributed by atoms with van der Waals surface area (Å²) in [5, 5.41) is 3.70. The van der Waals surface area contributed by atoms with E-state index in [1.807, 2.05) is 0 Å². The molecule has 1 aliphatic rings. The van der Waals surface area contributed by atoms with E-state index >= 15 is 0 Å². The molecule has 11 rings (SSSR count). The molecule has 0 spiro atoms. The van der Waals surface area contributed by atoms with Crippen molar-refractivity contribution in [2.75, 3.05) is 16.5 Å². The fourth-order valence-corrected chi connectivity index (χ4v) is 11.2. The van der Waals surface area contributed by atoms with Crippen molar-refractivity contribution >= 4 is 73.9 Å². The van der Waals surface area contributed by atoms with Gasteiger partial charge in [0.05, 0.1) is 17.1 Å². The second kappa shape index (κ2) is 14.6. The second-order valence-electron chi connectivity index (χ2n) is 16.5. The van der Waals surface area contributed by atoms with Crippen LogP contribution in [0.1, 0.15) is 26.3 Å². The molecule has 3 aromatic heterocycles. The summed E-state index contributed by atoms with van der Waals surface area (Å²) < 4.78 is 12.8. The van der Waals surface area contributed by atoms with Gasteiger partial charge < -0.3 is 4.90 Å². The standard InChI is InChI=1S/C54H42N4OTe/c1-54(2,3)46-34-51(55-53-45(46)30-31-60-53)58-47-25-11-10-22-43(47)44-29-28-40(33-50(44)58)59-39-21-14-20-38(32-39)56-35-57(49-27-13-12-26-48(49)56)52-41(36-16-6-4-7-17-36)23-15-24-42(52)37-18-8-5-9-19-37/h4-34H,35H2,1-3H3. The number of fused-ring (bicyclic) bond motifs is 5. The van der Waals surface area contributed by atoms with E-state index in [4.69, 9.17) is 9.72 Å². The quantitative estimate of drug-likeness (QED) is 0.149. The van der Waals surface area contributed by atoms with Crippen LogP contribution in [-0.4, -0.2) is 36.7 Å². The second-order valence-corrected chi connectivity index (χ2v) is 19.0. The molecule has 4 heterocycles. The molecule has 10 aromatic rings. The Morgan fingerprint density at radius 3 is 1.90 bits per heavy atom. The Balaban J connectivity index is 0.984. The third kappa shape index (κ3) is 6.27. The Morgan fingerprint density at radius 1 is 0.533 bits per heavy atom. The number of pyridine rings is 1. The van der Waals surface area contributed by atoms with Crippen molar-refractivity contribution in [2.24, 2.45) is 0 Å². The summed E-state index contributed by atoms with van der Waals surface area (Å²) in [5.74, 6) is 2.53. The third-order valence-electron chi connectivity index (χ3n) is 11.7. The Bertz CT molecular complexity index is 3160. The minimum absolute atomic E-state index is 0.0101. The number of benzene rings is 7. The van der Waals surface area contributed by atoms with Gasteiger partial charge in [0.25, 0.3) is 0 Å². The molecule has 60 heavy (non-hydrogen) atoms. The molecule has 0 saturated carbocycles. The average Bonchev–Trinajstić information content (AvgIpc) is 4.00. The Kier molecular flexibility index (Phi) is 8.88. The summed E-state index contributed by atoms with van der Waals surface area (Å²) in [6, 6.07) is 65.1. The molecule has 0 aliphatic carbocycles. The molecule has 0 fully saturated rings. The molecule has 0 amide bonds. The van der Waals surface area contributed by atoms with Gasteiger partial charge in [-0.3, -0.25) is 0 Å². The number of hydrogen-bond donors (Lipinski definition) is 0. The van der Waals surface area contributed by atoms with Crippen molar-refractivity contribution in [3.8, 4) is 39.6 Å². The van der Waals surface area contributed by atoms with Crippen LogP contribution in [-0.2, 0) is 5.41 Å². The van der Waals surface area contributed by atoms with Crippen LogP contribution in [0.3, 0.4) is 0 Å². The van der Waals surface area contributed by atoms with E-state index in [1.54, 1.807) is 0 Å². The predicted molar refractivity (Wildman–Crippen MR) is 251 cm³/mol. The van der Waals surface area contributed by atoms with Crippen molar-refractivity contribution < 1.29 is 4.74 Å². The van der Waals surface area contributed by atoms with Crippen molar-refractivity contribution in [1.82, 2.24) is 9.55 Å². The van der Waals surface area contributed by atoms with Gasteiger partial charge in [0.1, 0.15) is 6.67 Å². The van der Waals surface area contributed by atoms with Crippen LogP contribution in [0.15, 0.2) is 186 Å². The topological polar surface area (TPSA) is 33.5 Å². The first-order chi connectivity index (χ1) is 29.4. The summed E-state index contributed by atoms with van der Waals surface area (Å²) in [7, 11) is 0. The number of aromatic nitrogens is 2. The predicted octanol–water partition coefficient (Wildman–Crippen LogP) is 14.1. The Hall–Kier alpha value is -6.58. The van der Waals surface area contributed by atoms with Crippen LogP contribution in [0.4, 0.5) is 22.7 Å². The van der Waals surface area contributed by atoms with Gasteiger partial charge in [-0.25, -0.2) is 0 Å². The molecule has 0 atom stereocenters. The number of rotatable bonds is 7. The molecule has 0 bridgehead atoms. The van der Waals surface area contributed by atoms with E-state index < -0.39 is 20.4 Å². The first kappa shape index (κ1) is 36.5. The number of para-hydroxylation sites is 4. The van der Waals surface area contributed by atoms with Crippen LogP contribution >= 0.6 is 0 Å². The molecular formula is C54H42N4OTe. The molecule has 0 unspecified atom stereocenters. The van der Waals surface area contributed by atoms with Crippen LogP contribution < -0.4 is 14.5 Å². The molecule has 7 aromatic carbocycles. The fraction of sp³-hybridized carbons (Fsp3) is 0.0926. The summed E-state index contributed by atoms with van der Waals surface area (Å²) >= 11 is -0.471. The van der Waals surface area contributed by atoms with E-state index in [0.717, 1.165) is 45.4 Å². The Morgan fingerprint density at radius 2 is 1.17 bits per heavy atom. The number of anilines is 4. The monoisotopic (exact) mass is 892 g/mol. The van der Waals surface area contributed by atoms with Gasteiger partial charge >= 0.3 is 208 Å². The van der Waals surface area contributed by atoms with E-state index in [9.17, 15) is 0 Å². The average molecular weight is 891 g/mol. The summed E-state index contributed by atoms with van der Waals surface area (Å²) in [4.78, 5) is 10.2. The zero-order valence-electron chi connectivity index (χ0n) is 33.7. The van der Waals surface area contributed by atoms with Crippen molar-refractivity contribution in [3.05, 3.63) is 192 Å². The number of hydrogen-bond acceptors (Lipinski definition) is 4. The number of ether oxygens (including phenoxy) is 1.